The van der Waals surface area contributed by atoms with Crippen molar-refractivity contribution in [3.05, 3.63) is 25.3 Å². The minimum absolute atomic E-state index is 0.0263. The van der Waals surface area contributed by atoms with E-state index in [0.29, 0.717) is 32.7 Å². The Bertz CT molecular complexity index is 850. The van der Waals surface area contributed by atoms with E-state index in [-0.39, 0.29) is 24.4 Å². The number of hydrogen-bond acceptors (Lipinski definition) is 6. The zero-order valence-corrected chi connectivity index (χ0v) is 23.6. The number of esters is 1. The highest BCUT2D eigenvalue weighted by Gasteiger charge is 2.77. The van der Waals surface area contributed by atoms with Crippen molar-refractivity contribution in [3.63, 3.8) is 0 Å². The maximum Gasteiger partial charge on any atom is 0.311 e. The minimum atomic E-state index is -0.613. The van der Waals surface area contributed by atoms with Gasteiger partial charge in [-0.05, 0) is 64.7 Å². The first-order chi connectivity index (χ1) is 17.8. The molecule has 0 aromatic rings. The van der Waals surface area contributed by atoms with Gasteiger partial charge in [0.25, 0.3) is 0 Å². The molecule has 0 radical (unpaired) electrons. The smallest absolute Gasteiger partial charge is 0.311 e. The lowest BCUT2D eigenvalue weighted by atomic mass is 9.66. The van der Waals surface area contributed by atoms with E-state index in [2.05, 4.69) is 27.0 Å². The zero-order valence-electron chi connectivity index (χ0n) is 22.8. The third-order valence-corrected chi connectivity index (χ3v) is 10.3. The summed E-state index contributed by atoms with van der Waals surface area (Å²) in [6.07, 6.45) is 11.7. The maximum absolute atomic E-state index is 14.2. The third kappa shape index (κ3) is 5.95. The molecule has 0 saturated carbocycles. The Kier molecular flexibility index (Phi) is 10.7. The molecule has 8 heteroatoms. The lowest BCUT2D eigenvalue weighted by Gasteiger charge is -2.37. The van der Waals surface area contributed by atoms with Gasteiger partial charge in [0, 0.05) is 31.0 Å². The highest BCUT2D eigenvalue weighted by atomic mass is 32.2. The van der Waals surface area contributed by atoms with Crippen LogP contribution in [0.4, 0.5) is 0 Å². The first kappa shape index (κ1) is 29.8. The van der Waals surface area contributed by atoms with Crippen molar-refractivity contribution >= 4 is 29.5 Å². The fraction of sp³-hybridized carbons (Fsp3) is 0.759. The Morgan fingerprint density at radius 1 is 1.16 bits per heavy atom. The molecule has 3 aliphatic heterocycles. The van der Waals surface area contributed by atoms with Crippen LogP contribution in [0.2, 0.25) is 0 Å². The largest absolute Gasteiger partial charge is 0.465 e. The van der Waals surface area contributed by atoms with Crippen molar-refractivity contribution in [3.8, 4) is 0 Å². The molecule has 1 N–H and O–H groups in total. The number of nitrogens with zero attached hydrogens (tertiary/aromatic N) is 2. The molecule has 2 bridgehead atoms. The number of hydrogen-bond donors (Lipinski definition) is 1. The summed E-state index contributed by atoms with van der Waals surface area (Å²) < 4.78 is 4.71. The first-order valence-corrected chi connectivity index (χ1v) is 14.9. The van der Waals surface area contributed by atoms with Gasteiger partial charge in [0.2, 0.25) is 11.8 Å². The van der Waals surface area contributed by atoms with E-state index in [1.54, 1.807) is 22.7 Å². The van der Waals surface area contributed by atoms with Gasteiger partial charge in [-0.3, -0.25) is 14.4 Å². The van der Waals surface area contributed by atoms with Gasteiger partial charge in [0.05, 0.1) is 23.2 Å². The predicted molar refractivity (Wildman–Crippen MR) is 148 cm³/mol. The fourth-order valence-electron chi connectivity index (χ4n) is 6.50. The zero-order chi connectivity index (χ0) is 27.1. The van der Waals surface area contributed by atoms with Gasteiger partial charge in [0.15, 0.2) is 0 Å². The SMILES string of the molecule is C=CCCCCOC(=O)[C@@H]1[C@H]2C(=O)N(CCCCCO)C(C(=O)N(CC=C)CCCC)C23CC[C@@]1(C)S3. The molecule has 3 aliphatic rings. The van der Waals surface area contributed by atoms with Crippen molar-refractivity contribution in [2.24, 2.45) is 11.8 Å². The van der Waals surface area contributed by atoms with Crippen LogP contribution in [0, 0.1) is 11.8 Å². The van der Waals surface area contributed by atoms with Crippen LogP contribution in [-0.2, 0) is 19.1 Å². The molecule has 2 amide bonds. The Morgan fingerprint density at radius 3 is 2.62 bits per heavy atom. The van der Waals surface area contributed by atoms with Gasteiger partial charge in [-0.1, -0.05) is 25.5 Å². The van der Waals surface area contributed by atoms with Gasteiger partial charge in [-0.25, -0.2) is 0 Å². The van der Waals surface area contributed by atoms with Crippen LogP contribution in [0.1, 0.15) is 78.1 Å². The van der Waals surface area contributed by atoms with Gasteiger partial charge in [-0.15, -0.1) is 24.9 Å². The fourth-order valence-corrected chi connectivity index (χ4v) is 8.84. The van der Waals surface area contributed by atoms with Crippen LogP contribution in [0.25, 0.3) is 0 Å². The number of amides is 2. The topological polar surface area (TPSA) is 87.1 Å². The van der Waals surface area contributed by atoms with Crippen LogP contribution >= 0.6 is 11.8 Å². The molecule has 1 spiro atoms. The van der Waals surface area contributed by atoms with E-state index < -0.39 is 27.4 Å². The van der Waals surface area contributed by atoms with E-state index in [0.717, 1.165) is 57.8 Å². The van der Waals surface area contributed by atoms with Gasteiger partial charge < -0.3 is 19.6 Å². The number of unbranched alkanes of at least 4 members (excludes halogenated alkanes) is 5. The molecule has 0 aromatic heterocycles. The molecule has 37 heavy (non-hydrogen) atoms. The number of ether oxygens (including phenoxy) is 1. The summed E-state index contributed by atoms with van der Waals surface area (Å²) in [4.78, 5) is 45.3. The monoisotopic (exact) mass is 534 g/mol. The van der Waals surface area contributed by atoms with Crippen molar-refractivity contribution in [1.29, 1.82) is 0 Å². The predicted octanol–water partition coefficient (Wildman–Crippen LogP) is 4.34. The number of likely N-dealkylation sites (tertiary alicyclic amines) is 1. The van der Waals surface area contributed by atoms with E-state index in [9.17, 15) is 19.5 Å². The lowest BCUT2D eigenvalue weighted by molar-refractivity contribution is -0.155. The highest BCUT2D eigenvalue weighted by Crippen LogP contribution is 2.71. The molecule has 2 unspecified atom stereocenters. The number of aliphatic hydroxyl groups is 1. The number of carbonyl (C=O) groups is 3. The molecular formula is C29H46N2O5S. The minimum Gasteiger partial charge on any atom is -0.465 e. The lowest BCUT2D eigenvalue weighted by Crippen LogP contribution is -2.55. The summed E-state index contributed by atoms with van der Waals surface area (Å²) in [7, 11) is 0. The van der Waals surface area contributed by atoms with Crippen LogP contribution in [0.3, 0.4) is 0 Å². The number of fused-ring (bicyclic) bond motifs is 1. The summed E-state index contributed by atoms with van der Waals surface area (Å²) in [5.41, 5.74) is 0. The molecule has 3 heterocycles. The summed E-state index contributed by atoms with van der Waals surface area (Å²) in [5.74, 6) is -1.49. The van der Waals surface area contributed by atoms with Crippen molar-refractivity contribution in [2.45, 2.75) is 93.6 Å². The number of carbonyl (C=O) groups excluding carboxylic acids is 3. The van der Waals surface area contributed by atoms with E-state index in [4.69, 9.17) is 4.74 Å². The Hall–Kier alpha value is -1.80. The van der Waals surface area contributed by atoms with Crippen molar-refractivity contribution in [1.82, 2.24) is 9.80 Å². The summed E-state index contributed by atoms with van der Waals surface area (Å²) in [6.45, 7) is 13.8. The number of allylic oxidation sites excluding steroid dienone is 1. The quantitative estimate of drug-likeness (QED) is 0.170. The van der Waals surface area contributed by atoms with Crippen molar-refractivity contribution in [2.75, 3.05) is 32.8 Å². The van der Waals surface area contributed by atoms with Crippen molar-refractivity contribution < 1.29 is 24.2 Å². The average molecular weight is 535 g/mol. The summed E-state index contributed by atoms with van der Waals surface area (Å²) >= 11 is 1.69. The second kappa shape index (κ2) is 13.3. The second-order valence-electron chi connectivity index (χ2n) is 10.9. The normalized spacial score (nSPS) is 29.9. The highest BCUT2D eigenvalue weighted by molar-refractivity contribution is 8.02. The molecular weight excluding hydrogens is 488 g/mol. The maximum atomic E-state index is 14.2. The Balaban J connectivity index is 1.90. The Labute approximate surface area is 227 Å². The van der Waals surface area contributed by atoms with Crippen LogP contribution in [0.5, 0.6) is 0 Å². The van der Waals surface area contributed by atoms with Crippen LogP contribution < -0.4 is 0 Å². The van der Waals surface area contributed by atoms with Crippen LogP contribution in [0.15, 0.2) is 25.3 Å². The molecule has 5 atom stereocenters. The van der Waals surface area contributed by atoms with Crippen LogP contribution in [-0.4, -0.2) is 81.1 Å². The van der Waals surface area contributed by atoms with Gasteiger partial charge in [0.1, 0.15) is 6.04 Å². The van der Waals surface area contributed by atoms with E-state index in [1.807, 2.05) is 11.0 Å². The number of rotatable bonds is 17. The molecule has 0 aliphatic carbocycles. The molecule has 0 aromatic carbocycles. The summed E-state index contributed by atoms with van der Waals surface area (Å²) in [5, 5.41) is 9.21. The van der Waals surface area contributed by atoms with Gasteiger partial charge in [-0.2, -0.15) is 0 Å². The summed E-state index contributed by atoms with van der Waals surface area (Å²) in [6, 6.07) is -0.590. The molecule has 7 nitrogen and oxygen atoms in total. The molecule has 3 rings (SSSR count). The van der Waals surface area contributed by atoms with Gasteiger partial charge >= 0.3 is 5.97 Å². The second-order valence-corrected chi connectivity index (χ2v) is 12.8. The van der Waals surface area contributed by atoms with E-state index >= 15 is 0 Å². The molecule has 208 valence electrons. The molecule has 3 saturated heterocycles. The van der Waals surface area contributed by atoms with E-state index in [1.165, 1.54) is 0 Å². The molecule has 3 fully saturated rings. The number of thioether (sulfide) groups is 1. The first-order valence-electron chi connectivity index (χ1n) is 14.1. The Morgan fingerprint density at radius 2 is 1.95 bits per heavy atom. The third-order valence-electron chi connectivity index (χ3n) is 8.31. The standard InChI is InChI=1S/C29H46N2O5S/c1-5-8-10-14-21-36-27(35)23-22-25(33)31(19-12-11-13-20-32)24(29(22)16-15-28(23,4)37-29)26(34)30(17-7-3)18-9-6-2/h5,7,22-24,32H,1,3,6,8-21H2,2,4H3/t22-,23-,24?,28+,29?/m0/s1. The average Bonchev–Trinajstić information content (AvgIpc) is 3.44. The number of aliphatic hydroxyl groups excluding tert-OH is 1.